The maximum atomic E-state index is 12.3. The first-order valence-electron chi connectivity index (χ1n) is 10.2. The molecule has 0 aromatic heterocycles. The van der Waals surface area contributed by atoms with E-state index in [4.69, 9.17) is 16.3 Å². The Hall–Kier alpha value is -4.16. The number of benzene rings is 4. The lowest BCUT2D eigenvalue weighted by Gasteiger charge is -2.08. The zero-order chi connectivity index (χ0) is 23.0. The van der Waals surface area contributed by atoms with Gasteiger partial charge in [-0.25, -0.2) is 5.43 Å². The molecule has 0 saturated carbocycles. The highest BCUT2D eigenvalue weighted by Crippen LogP contribution is 2.16. The van der Waals surface area contributed by atoms with E-state index in [2.05, 4.69) is 15.8 Å². The van der Waals surface area contributed by atoms with Gasteiger partial charge >= 0.3 is 0 Å². The molecule has 4 aromatic rings. The van der Waals surface area contributed by atoms with E-state index in [9.17, 15) is 9.59 Å². The standard InChI is InChI=1S/C26H20ClN3O3/c27-22-9-11-23(12-10-22)29-25(31)17-33-24-13-5-18(6-14-24)16-28-30-26(32)21-8-7-19-3-1-2-4-20(19)15-21/h1-16H,17H2,(H,29,31)(H,30,32)/b28-16-. The molecule has 4 aromatic carbocycles. The van der Waals surface area contributed by atoms with Crippen LogP contribution in [-0.4, -0.2) is 24.6 Å². The molecule has 7 heteroatoms. The lowest BCUT2D eigenvalue weighted by Crippen LogP contribution is -2.20. The molecule has 0 radical (unpaired) electrons. The van der Waals surface area contributed by atoms with Gasteiger partial charge in [0.2, 0.25) is 0 Å². The van der Waals surface area contributed by atoms with Crippen LogP contribution >= 0.6 is 11.6 Å². The van der Waals surface area contributed by atoms with Gasteiger partial charge in [-0.2, -0.15) is 5.10 Å². The first-order chi connectivity index (χ1) is 16.1. The number of ether oxygens (including phenoxy) is 1. The van der Waals surface area contributed by atoms with Crippen molar-refractivity contribution in [1.82, 2.24) is 5.43 Å². The van der Waals surface area contributed by atoms with Crippen molar-refractivity contribution < 1.29 is 14.3 Å². The highest BCUT2D eigenvalue weighted by Gasteiger charge is 2.06. The van der Waals surface area contributed by atoms with Gasteiger partial charge in [0.1, 0.15) is 5.75 Å². The van der Waals surface area contributed by atoms with Gasteiger partial charge in [-0.05, 0) is 77.0 Å². The Labute approximate surface area is 195 Å². The van der Waals surface area contributed by atoms with Crippen molar-refractivity contribution in [2.24, 2.45) is 5.10 Å². The minimum Gasteiger partial charge on any atom is -0.484 e. The third kappa shape index (κ3) is 6.18. The largest absolute Gasteiger partial charge is 0.484 e. The average Bonchev–Trinajstić information content (AvgIpc) is 2.84. The van der Waals surface area contributed by atoms with Crippen LogP contribution in [0.25, 0.3) is 10.8 Å². The third-order valence-electron chi connectivity index (χ3n) is 4.77. The molecule has 2 amide bonds. The van der Waals surface area contributed by atoms with Crippen molar-refractivity contribution >= 4 is 46.1 Å². The van der Waals surface area contributed by atoms with Crippen LogP contribution in [0.1, 0.15) is 15.9 Å². The van der Waals surface area contributed by atoms with Crippen LogP contribution in [0.2, 0.25) is 5.02 Å². The summed E-state index contributed by atoms with van der Waals surface area (Å²) >= 11 is 5.83. The molecule has 0 aliphatic carbocycles. The van der Waals surface area contributed by atoms with E-state index in [0.29, 0.717) is 22.0 Å². The van der Waals surface area contributed by atoms with Crippen molar-refractivity contribution in [3.63, 3.8) is 0 Å². The average molecular weight is 458 g/mol. The van der Waals surface area contributed by atoms with Crippen LogP contribution in [0.4, 0.5) is 5.69 Å². The van der Waals surface area contributed by atoms with Crippen molar-refractivity contribution in [1.29, 1.82) is 0 Å². The number of carbonyl (C=O) groups excluding carboxylic acids is 2. The van der Waals surface area contributed by atoms with Crippen molar-refractivity contribution in [2.45, 2.75) is 0 Å². The number of anilines is 1. The molecule has 0 heterocycles. The van der Waals surface area contributed by atoms with Gasteiger partial charge in [-0.1, -0.05) is 41.9 Å². The first-order valence-corrected chi connectivity index (χ1v) is 10.6. The predicted molar refractivity (Wildman–Crippen MR) is 131 cm³/mol. The number of halogens is 1. The molecule has 164 valence electrons. The fourth-order valence-corrected chi connectivity index (χ4v) is 3.22. The molecule has 0 saturated heterocycles. The molecular formula is C26H20ClN3O3. The fourth-order valence-electron chi connectivity index (χ4n) is 3.09. The third-order valence-corrected chi connectivity index (χ3v) is 5.02. The van der Waals surface area contributed by atoms with Gasteiger partial charge in [0.05, 0.1) is 6.21 Å². The van der Waals surface area contributed by atoms with E-state index in [1.165, 1.54) is 6.21 Å². The van der Waals surface area contributed by atoms with Gasteiger partial charge in [0.15, 0.2) is 6.61 Å². The molecule has 2 N–H and O–H groups in total. The number of nitrogens with zero attached hydrogens (tertiary/aromatic N) is 1. The molecule has 0 atom stereocenters. The summed E-state index contributed by atoms with van der Waals surface area (Å²) in [5.74, 6) is -0.0263. The molecule has 0 aliphatic heterocycles. The SMILES string of the molecule is O=C(COc1ccc(/C=N\NC(=O)c2ccc3ccccc3c2)cc1)Nc1ccc(Cl)cc1. The number of fused-ring (bicyclic) bond motifs is 1. The highest BCUT2D eigenvalue weighted by molar-refractivity contribution is 6.30. The summed E-state index contributed by atoms with van der Waals surface area (Å²) in [6.07, 6.45) is 1.54. The number of hydrazone groups is 1. The van der Waals surface area contributed by atoms with Crippen LogP contribution in [0.3, 0.4) is 0 Å². The second-order valence-corrected chi connectivity index (χ2v) is 7.61. The number of carbonyl (C=O) groups is 2. The van der Waals surface area contributed by atoms with Crippen molar-refractivity contribution in [3.8, 4) is 5.75 Å². The zero-order valence-electron chi connectivity index (χ0n) is 17.5. The zero-order valence-corrected chi connectivity index (χ0v) is 18.3. The van der Waals surface area contributed by atoms with Gasteiger partial charge < -0.3 is 10.1 Å². The van der Waals surface area contributed by atoms with Crippen LogP contribution in [0.15, 0.2) is 96.1 Å². The summed E-state index contributed by atoms with van der Waals surface area (Å²) in [6, 6.07) is 27.2. The van der Waals surface area contributed by atoms with Gasteiger partial charge in [0.25, 0.3) is 11.8 Å². The molecule has 0 bridgehead atoms. The van der Waals surface area contributed by atoms with Crippen LogP contribution in [0.5, 0.6) is 5.75 Å². The second kappa shape index (κ2) is 10.4. The van der Waals surface area contributed by atoms with E-state index in [1.54, 1.807) is 54.6 Å². The maximum Gasteiger partial charge on any atom is 0.271 e. The summed E-state index contributed by atoms with van der Waals surface area (Å²) in [5.41, 5.74) is 4.48. The molecule has 0 spiro atoms. The van der Waals surface area contributed by atoms with E-state index >= 15 is 0 Å². The van der Waals surface area contributed by atoms with Gasteiger partial charge in [0, 0.05) is 16.3 Å². The van der Waals surface area contributed by atoms with E-state index in [0.717, 1.165) is 16.3 Å². The Morgan fingerprint density at radius 1 is 0.879 bits per heavy atom. The van der Waals surface area contributed by atoms with Crippen molar-refractivity contribution in [3.05, 3.63) is 107 Å². The minimum atomic E-state index is -0.288. The van der Waals surface area contributed by atoms with Gasteiger partial charge in [-0.15, -0.1) is 0 Å². The van der Waals surface area contributed by atoms with Crippen molar-refractivity contribution in [2.75, 3.05) is 11.9 Å². The summed E-state index contributed by atoms with van der Waals surface area (Å²) in [4.78, 5) is 24.3. The van der Waals surface area contributed by atoms with E-state index in [-0.39, 0.29) is 18.4 Å². The van der Waals surface area contributed by atoms with Crippen LogP contribution in [-0.2, 0) is 4.79 Å². The fraction of sp³-hybridized carbons (Fsp3) is 0.0385. The Morgan fingerprint density at radius 3 is 2.36 bits per heavy atom. The number of nitrogens with one attached hydrogen (secondary N) is 2. The highest BCUT2D eigenvalue weighted by atomic mass is 35.5. The van der Waals surface area contributed by atoms with E-state index in [1.807, 2.05) is 36.4 Å². The summed E-state index contributed by atoms with van der Waals surface area (Å²) in [7, 11) is 0. The molecule has 6 nitrogen and oxygen atoms in total. The Kier molecular flexibility index (Phi) is 6.97. The summed E-state index contributed by atoms with van der Waals surface area (Å²) in [6.45, 7) is -0.127. The molecule has 33 heavy (non-hydrogen) atoms. The van der Waals surface area contributed by atoms with E-state index < -0.39 is 0 Å². The monoisotopic (exact) mass is 457 g/mol. The number of hydrogen-bond acceptors (Lipinski definition) is 4. The second-order valence-electron chi connectivity index (χ2n) is 7.17. The number of rotatable bonds is 7. The molecular weight excluding hydrogens is 438 g/mol. The number of amides is 2. The van der Waals surface area contributed by atoms with Crippen LogP contribution in [0, 0.1) is 0 Å². The Bertz CT molecular complexity index is 1300. The summed E-state index contributed by atoms with van der Waals surface area (Å²) < 4.78 is 5.50. The topological polar surface area (TPSA) is 79.8 Å². The predicted octanol–water partition coefficient (Wildman–Crippen LogP) is 5.27. The Balaban J connectivity index is 1.26. The normalized spacial score (nSPS) is 10.8. The summed E-state index contributed by atoms with van der Waals surface area (Å²) in [5, 5.41) is 9.41. The van der Waals surface area contributed by atoms with Gasteiger partial charge in [-0.3, -0.25) is 9.59 Å². The smallest absolute Gasteiger partial charge is 0.271 e. The first kappa shape index (κ1) is 22.0. The quantitative estimate of drug-likeness (QED) is 0.293. The number of hydrogen-bond donors (Lipinski definition) is 2. The lowest BCUT2D eigenvalue weighted by molar-refractivity contribution is -0.118. The molecule has 4 rings (SSSR count). The van der Waals surface area contributed by atoms with Crippen LogP contribution < -0.4 is 15.5 Å². The maximum absolute atomic E-state index is 12.3. The minimum absolute atomic E-state index is 0.127. The lowest BCUT2D eigenvalue weighted by atomic mass is 10.1. The Morgan fingerprint density at radius 2 is 1.61 bits per heavy atom. The molecule has 0 aliphatic rings. The molecule has 0 unspecified atom stereocenters. The molecule has 0 fully saturated rings.